The van der Waals surface area contributed by atoms with Crippen molar-refractivity contribution in [2.75, 3.05) is 45.8 Å². The molecule has 1 unspecified atom stereocenters. The predicted octanol–water partition coefficient (Wildman–Crippen LogP) is 0.971. The molecule has 0 bridgehead atoms. The number of hydrogen-bond donors (Lipinski definition) is 0. The molecule has 4 rings (SSSR count). The molecule has 0 N–H and O–H groups in total. The van der Waals surface area contributed by atoms with Gasteiger partial charge < -0.3 is 14.7 Å². The number of rotatable bonds is 4. The zero-order chi connectivity index (χ0) is 18.1. The summed E-state index contributed by atoms with van der Waals surface area (Å²) in [7, 11) is 1.81. The van der Waals surface area contributed by atoms with E-state index in [4.69, 9.17) is 0 Å². The zero-order valence-electron chi connectivity index (χ0n) is 15.7. The Morgan fingerprint density at radius 3 is 2.65 bits per heavy atom. The molecule has 142 valence electrons. The van der Waals surface area contributed by atoms with Crippen molar-refractivity contribution in [1.29, 1.82) is 0 Å². The Labute approximate surface area is 154 Å². The summed E-state index contributed by atoms with van der Waals surface area (Å²) in [5, 5.41) is 4.10. The fraction of sp³-hybridized carbons (Fsp3) is 0.737. The van der Waals surface area contributed by atoms with Gasteiger partial charge in [0.25, 0.3) is 5.91 Å². The smallest absolute Gasteiger partial charge is 0.257 e. The summed E-state index contributed by atoms with van der Waals surface area (Å²) in [5.74, 6) is 0.265. The Hall–Kier alpha value is -1.89. The van der Waals surface area contributed by atoms with Crippen LogP contribution in [0.2, 0.25) is 0 Å². The predicted molar refractivity (Wildman–Crippen MR) is 97.6 cm³/mol. The number of amides is 2. The van der Waals surface area contributed by atoms with E-state index in [1.54, 1.807) is 17.1 Å². The maximum Gasteiger partial charge on any atom is 0.257 e. The van der Waals surface area contributed by atoms with Gasteiger partial charge in [0.2, 0.25) is 5.91 Å². The average molecular weight is 359 g/mol. The van der Waals surface area contributed by atoms with E-state index in [0.717, 1.165) is 45.4 Å². The van der Waals surface area contributed by atoms with E-state index < -0.39 is 0 Å². The largest absolute Gasteiger partial charge is 0.341 e. The van der Waals surface area contributed by atoms with E-state index in [0.29, 0.717) is 12.1 Å². The molecule has 26 heavy (non-hydrogen) atoms. The summed E-state index contributed by atoms with van der Waals surface area (Å²) in [6, 6.07) is 0. The third-order valence-electron chi connectivity index (χ3n) is 6.30. The minimum atomic E-state index is -0.360. The summed E-state index contributed by atoms with van der Waals surface area (Å²) in [5.41, 5.74) is 0.252. The van der Waals surface area contributed by atoms with Crippen LogP contribution in [0.4, 0.5) is 0 Å². The normalized spacial score (nSPS) is 27.0. The van der Waals surface area contributed by atoms with Gasteiger partial charge in [-0.25, -0.2) is 0 Å². The second-order valence-electron chi connectivity index (χ2n) is 8.10. The number of piperidine rings is 1. The first-order chi connectivity index (χ1) is 12.6. The highest BCUT2D eigenvalue weighted by molar-refractivity contribution is 5.94. The van der Waals surface area contributed by atoms with Gasteiger partial charge in [0.05, 0.1) is 17.2 Å². The highest BCUT2D eigenvalue weighted by Crippen LogP contribution is 2.40. The van der Waals surface area contributed by atoms with Crippen molar-refractivity contribution in [3.05, 3.63) is 18.0 Å². The molecule has 3 saturated heterocycles. The van der Waals surface area contributed by atoms with Gasteiger partial charge in [-0.05, 0) is 45.2 Å². The monoisotopic (exact) mass is 359 g/mol. The Balaban J connectivity index is 1.39. The second-order valence-corrected chi connectivity index (χ2v) is 8.10. The summed E-state index contributed by atoms with van der Waals surface area (Å²) in [6.45, 7) is 6.27. The minimum Gasteiger partial charge on any atom is -0.341 e. The summed E-state index contributed by atoms with van der Waals surface area (Å²) >= 11 is 0. The molecule has 1 atom stereocenters. The number of likely N-dealkylation sites (tertiary alicyclic amines) is 3. The number of aromatic nitrogens is 2. The van der Waals surface area contributed by atoms with E-state index in [9.17, 15) is 9.59 Å². The van der Waals surface area contributed by atoms with Crippen molar-refractivity contribution in [3.63, 3.8) is 0 Å². The van der Waals surface area contributed by atoms with E-state index in [1.165, 1.54) is 25.9 Å². The van der Waals surface area contributed by atoms with Crippen LogP contribution in [0.3, 0.4) is 0 Å². The van der Waals surface area contributed by atoms with Gasteiger partial charge in [0.15, 0.2) is 0 Å². The lowest BCUT2D eigenvalue weighted by Gasteiger charge is -2.39. The first kappa shape index (κ1) is 17.5. The molecule has 0 aromatic carbocycles. The molecule has 4 heterocycles. The lowest BCUT2D eigenvalue weighted by molar-refractivity contribution is -0.138. The Bertz CT molecular complexity index is 681. The lowest BCUT2D eigenvalue weighted by Crippen LogP contribution is -2.50. The van der Waals surface area contributed by atoms with Gasteiger partial charge in [-0.15, -0.1) is 0 Å². The summed E-state index contributed by atoms with van der Waals surface area (Å²) < 4.78 is 1.65. The highest BCUT2D eigenvalue weighted by atomic mass is 16.2. The Morgan fingerprint density at radius 2 is 1.92 bits per heavy atom. The molecular weight excluding hydrogens is 330 g/mol. The SMILES string of the molecule is Cn1cc(C(=O)N2CCCC3(CCN(CCN4CCCC4)C3=O)C2)cn1. The lowest BCUT2D eigenvalue weighted by atomic mass is 9.78. The maximum atomic E-state index is 13.1. The fourth-order valence-electron chi connectivity index (χ4n) is 4.77. The standard InChI is InChI=1S/C19H29N5O2/c1-21-14-16(13-20-21)17(25)24-9-4-5-19(15-24)6-10-23(18(19)26)12-11-22-7-2-3-8-22/h13-14H,2-12,15H2,1H3. The fourth-order valence-corrected chi connectivity index (χ4v) is 4.77. The van der Waals surface area contributed by atoms with Gasteiger partial charge in [-0.1, -0.05) is 0 Å². The molecule has 1 spiro atoms. The number of aryl methyl sites for hydroxylation is 1. The van der Waals surface area contributed by atoms with Gasteiger partial charge >= 0.3 is 0 Å². The molecule has 3 aliphatic heterocycles. The van der Waals surface area contributed by atoms with E-state index in [-0.39, 0.29) is 17.2 Å². The number of carbonyl (C=O) groups excluding carboxylic acids is 2. The van der Waals surface area contributed by atoms with Gasteiger partial charge in [-0.3, -0.25) is 14.3 Å². The van der Waals surface area contributed by atoms with Crippen LogP contribution in [0.1, 0.15) is 42.5 Å². The van der Waals surface area contributed by atoms with Gasteiger partial charge in [0.1, 0.15) is 0 Å². The van der Waals surface area contributed by atoms with Crippen LogP contribution in [0.15, 0.2) is 12.4 Å². The van der Waals surface area contributed by atoms with Gasteiger partial charge in [0, 0.05) is 46.0 Å². The molecule has 1 aromatic heterocycles. The van der Waals surface area contributed by atoms with Crippen molar-refractivity contribution >= 4 is 11.8 Å². The van der Waals surface area contributed by atoms with Crippen LogP contribution < -0.4 is 0 Å². The Kier molecular flexibility index (Phi) is 4.73. The van der Waals surface area contributed by atoms with Crippen molar-refractivity contribution < 1.29 is 9.59 Å². The quantitative estimate of drug-likeness (QED) is 0.804. The molecule has 0 saturated carbocycles. The molecule has 0 radical (unpaired) electrons. The summed E-state index contributed by atoms with van der Waals surface area (Å²) in [4.78, 5) is 32.3. The van der Waals surface area contributed by atoms with E-state index >= 15 is 0 Å². The van der Waals surface area contributed by atoms with Crippen molar-refractivity contribution in [3.8, 4) is 0 Å². The van der Waals surface area contributed by atoms with E-state index in [1.807, 2.05) is 16.8 Å². The first-order valence-corrected chi connectivity index (χ1v) is 9.87. The van der Waals surface area contributed by atoms with Gasteiger partial charge in [-0.2, -0.15) is 5.10 Å². The maximum absolute atomic E-state index is 13.1. The van der Waals surface area contributed by atoms with Crippen molar-refractivity contribution in [1.82, 2.24) is 24.5 Å². The first-order valence-electron chi connectivity index (χ1n) is 9.87. The van der Waals surface area contributed by atoms with Crippen LogP contribution in [-0.4, -0.2) is 82.1 Å². The second kappa shape index (κ2) is 7.02. The number of hydrogen-bond acceptors (Lipinski definition) is 4. The van der Waals surface area contributed by atoms with Crippen LogP contribution in [0.5, 0.6) is 0 Å². The molecule has 3 aliphatic rings. The van der Waals surface area contributed by atoms with Crippen molar-refractivity contribution in [2.24, 2.45) is 12.5 Å². The zero-order valence-corrected chi connectivity index (χ0v) is 15.7. The average Bonchev–Trinajstić information content (AvgIpc) is 3.37. The van der Waals surface area contributed by atoms with E-state index in [2.05, 4.69) is 10.00 Å². The topological polar surface area (TPSA) is 61.7 Å². The Morgan fingerprint density at radius 1 is 1.12 bits per heavy atom. The van der Waals surface area contributed by atoms with Crippen LogP contribution in [0.25, 0.3) is 0 Å². The van der Waals surface area contributed by atoms with Crippen molar-refractivity contribution in [2.45, 2.75) is 32.1 Å². The van der Waals surface area contributed by atoms with Crippen LogP contribution >= 0.6 is 0 Å². The third-order valence-corrected chi connectivity index (χ3v) is 6.30. The molecule has 2 amide bonds. The van der Waals surface area contributed by atoms with Crippen LogP contribution in [0, 0.1) is 5.41 Å². The molecule has 7 nitrogen and oxygen atoms in total. The third kappa shape index (κ3) is 3.24. The highest BCUT2D eigenvalue weighted by Gasteiger charge is 2.49. The molecule has 3 fully saturated rings. The summed E-state index contributed by atoms with van der Waals surface area (Å²) in [6.07, 6.45) is 8.61. The minimum absolute atomic E-state index is 0.000455. The molecule has 1 aromatic rings. The molecule has 0 aliphatic carbocycles. The molecular formula is C19H29N5O2. The van der Waals surface area contributed by atoms with Crippen LogP contribution in [-0.2, 0) is 11.8 Å². The number of nitrogens with zero attached hydrogens (tertiary/aromatic N) is 5. The number of carbonyl (C=O) groups is 2. The molecule has 7 heteroatoms.